The van der Waals surface area contributed by atoms with Crippen LogP contribution in [0.2, 0.25) is 10.0 Å². The monoisotopic (exact) mass is 420 g/mol. The second-order valence-electron chi connectivity index (χ2n) is 6.77. The molecule has 1 aromatic heterocycles. The summed E-state index contributed by atoms with van der Waals surface area (Å²) >= 11 is 11.8. The Morgan fingerprint density at radius 1 is 1.11 bits per heavy atom. The molecule has 2 aromatic rings. The van der Waals surface area contributed by atoms with Crippen molar-refractivity contribution < 1.29 is 9.59 Å². The number of anilines is 1. The maximum Gasteiger partial charge on any atom is 0.238 e. The van der Waals surface area contributed by atoms with Crippen molar-refractivity contribution in [3.63, 3.8) is 0 Å². The molecule has 2 N–H and O–H groups in total. The van der Waals surface area contributed by atoms with Crippen LogP contribution in [0.3, 0.4) is 0 Å². The molecule has 8 heteroatoms. The van der Waals surface area contributed by atoms with Crippen LogP contribution in [0.5, 0.6) is 0 Å². The first kappa shape index (κ1) is 20.6. The summed E-state index contributed by atoms with van der Waals surface area (Å²) in [6.45, 7) is 2.13. The maximum absolute atomic E-state index is 12.3. The Kier molecular flexibility index (Phi) is 7.25. The molecule has 1 aliphatic heterocycles. The van der Waals surface area contributed by atoms with E-state index in [1.54, 1.807) is 24.4 Å². The van der Waals surface area contributed by atoms with Gasteiger partial charge in [-0.2, -0.15) is 0 Å². The van der Waals surface area contributed by atoms with Crippen molar-refractivity contribution in [3.05, 3.63) is 58.3 Å². The molecule has 28 heavy (non-hydrogen) atoms. The highest BCUT2D eigenvalue weighted by Crippen LogP contribution is 2.25. The van der Waals surface area contributed by atoms with Crippen LogP contribution in [0.4, 0.5) is 5.69 Å². The van der Waals surface area contributed by atoms with Crippen LogP contribution in [-0.2, 0) is 16.1 Å². The third kappa shape index (κ3) is 5.92. The summed E-state index contributed by atoms with van der Waals surface area (Å²) in [5.74, 6) is -0.0971. The number of nitrogens with zero attached hydrogens (tertiary/aromatic N) is 2. The van der Waals surface area contributed by atoms with Gasteiger partial charge in [-0.3, -0.25) is 19.5 Å². The summed E-state index contributed by atoms with van der Waals surface area (Å²) < 4.78 is 0. The predicted octanol–water partition coefficient (Wildman–Crippen LogP) is 3.36. The molecule has 0 radical (unpaired) electrons. The van der Waals surface area contributed by atoms with Crippen molar-refractivity contribution in [2.75, 3.05) is 25.0 Å². The smallest absolute Gasteiger partial charge is 0.238 e. The number of carbonyl (C=O) groups is 2. The van der Waals surface area contributed by atoms with Crippen LogP contribution in [0.1, 0.15) is 18.5 Å². The topological polar surface area (TPSA) is 74.3 Å². The van der Waals surface area contributed by atoms with E-state index in [2.05, 4.69) is 20.5 Å². The largest absolute Gasteiger partial charge is 0.350 e. The second-order valence-corrected chi connectivity index (χ2v) is 7.58. The first-order valence-electron chi connectivity index (χ1n) is 9.16. The van der Waals surface area contributed by atoms with E-state index in [0.29, 0.717) is 35.4 Å². The van der Waals surface area contributed by atoms with Gasteiger partial charge in [0.1, 0.15) is 0 Å². The number of piperidine rings is 1. The van der Waals surface area contributed by atoms with Gasteiger partial charge < -0.3 is 10.6 Å². The lowest BCUT2D eigenvalue weighted by Crippen LogP contribution is -2.43. The summed E-state index contributed by atoms with van der Waals surface area (Å²) in [4.78, 5) is 30.8. The number of rotatable bonds is 6. The van der Waals surface area contributed by atoms with Crippen molar-refractivity contribution >= 4 is 40.7 Å². The van der Waals surface area contributed by atoms with Gasteiger partial charge in [-0.1, -0.05) is 29.3 Å². The molecule has 2 amide bonds. The molecule has 0 spiro atoms. The van der Waals surface area contributed by atoms with Gasteiger partial charge >= 0.3 is 0 Å². The Labute approximate surface area is 174 Å². The van der Waals surface area contributed by atoms with Gasteiger partial charge in [0.2, 0.25) is 11.8 Å². The zero-order valence-electron chi connectivity index (χ0n) is 15.3. The highest BCUT2D eigenvalue weighted by molar-refractivity contribution is 6.42. The number of likely N-dealkylation sites (tertiary alicyclic amines) is 1. The number of halogens is 2. The minimum Gasteiger partial charge on any atom is -0.350 e. The molecule has 0 saturated carbocycles. The van der Waals surface area contributed by atoms with E-state index >= 15 is 0 Å². The number of hydrogen-bond donors (Lipinski definition) is 2. The van der Waals surface area contributed by atoms with Gasteiger partial charge in [0.15, 0.2) is 0 Å². The second kappa shape index (κ2) is 9.87. The highest BCUT2D eigenvalue weighted by Gasteiger charge is 2.25. The van der Waals surface area contributed by atoms with E-state index in [1.165, 1.54) is 0 Å². The van der Waals surface area contributed by atoms with Crippen molar-refractivity contribution in [1.82, 2.24) is 15.2 Å². The SMILES string of the molecule is O=C(CN1CCC(C(=O)NCc2ccccn2)CC1)Nc1ccc(Cl)c(Cl)c1. The van der Waals surface area contributed by atoms with E-state index in [0.717, 1.165) is 18.5 Å². The Hall–Kier alpha value is -2.15. The van der Waals surface area contributed by atoms with E-state index < -0.39 is 0 Å². The number of amides is 2. The molecular weight excluding hydrogens is 399 g/mol. The lowest BCUT2D eigenvalue weighted by atomic mass is 9.96. The fourth-order valence-electron chi connectivity index (χ4n) is 3.16. The molecule has 0 atom stereocenters. The molecule has 1 saturated heterocycles. The zero-order valence-corrected chi connectivity index (χ0v) is 16.8. The van der Waals surface area contributed by atoms with E-state index in [-0.39, 0.29) is 24.3 Å². The summed E-state index contributed by atoms with van der Waals surface area (Å²) in [6, 6.07) is 10.6. The highest BCUT2D eigenvalue weighted by atomic mass is 35.5. The Balaban J connectivity index is 1.40. The number of benzene rings is 1. The molecule has 0 aliphatic carbocycles. The van der Waals surface area contributed by atoms with Crippen molar-refractivity contribution in [3.8, 4) is 0 Å². The van der Waals surface area contributed by atoms with Gasteiger partial charge in [0.25, 0.3) is 0 Å². The summed E-state index contributed by atoms with van der Waals surface area (Å²) in [5, 5.41) is 6.61. The lowest BCUT2D eigenvalue weighted by molar-refractivity contribution is -0.126. The molecule has 1 fully saturated rings. The number of carbonyl (C=O) groups excluding carboxylic acids is 2. The van der Waals surface area contributed by atoms with Crippen LogP contribution < -0.4 is 10.6 Å². The summed E-state index contributed by atoms with van der Waals surface area (Å²) in [7, 11) is 0. The maximum atomic E-state index is 12.3. The third-order valence-corrected chi connectivity index (χ3v) is 5.44. The number of pyridine rings is 1. The fourth-order valence-corrected chi connectivity index (χ4v) is 3.45. The Bertz CT molecular complexity index is 824. The number of aromatic nitrogens is 1. The van der Waals surface area contributed by atoms with Crippen LogP contribution in [0.25, 0.3) is 0 Å². The fraction of sp³-hybridized carbons (Fsp3) is 0.350. The average Bonchev–Trinajstić information content (AvgIpc) is 2.70. The standard InChI is InChI=1S/C20H22Cl2N4O2/c21-17-5-4-15(11-18(17)22)25-19(27)13-26-9-6-14(7-10-26)20(28)24-12-16-3-1-2-8-23-16/h1-5,8,11,14H,6-7,9-10,12-13H2,(H,24,28)(H,25,27). The van der Waals surface area contributed by atoms with E-state index in [1.807, 2.05) is 18.2 Å². The molecular formula is C20H22Cl2N4O2. The first-order valence-corrected chi connectivity index (χ1v) is 9.92. The van der Waals surface area contributed by atoms with Crippen LogP contribution in [0.15, 0.2) is 42.6 Å². The van der Waals surface area contributed by atoms with Crippen molar-refractivity contribution in [2.45, 2.75) is 19.4 Å². The Morgan fingerprint density at radius 2 is 1.89 bits per heavy atom. The van der Waals surface area contributed by atoms with Crippen LogP contribution >= 0.6 is 23.2 Å². The minimum absolute atomic E-state index is 0.0295. The predicted molar refractivity (Wildman–Crippen MR) is 110 cm³/mol. The van der Waals surface area contributed by atoms with Crippen molar-refractivity contribution in [2.24, 2.45) is 5.92 Å². The molecule has 1 aliphatic rings. The van der Waals surface area contributed by atoms with Crippen molar-refractivity contribution in [1.29, 1.82) is 0 Å². The molecule has 2 heterocycles. The van der Waals surface area contributed by atoms with Crippen LogP contribution in [-0.4, -0.2) is 41.3 Å². The van der Waals surface area contributed by atoms with E-state index in [4.69, 9.17) is 23.2 Å². The molecule has 1 aromatic carbocycles. The quantitative estimate of drug-likeness (QED) is 0.750. The Morgan fingerprint density at radius 3 is 2.57 bits per heavy atom. The zero-order chi connectivity index (χ0) is 19.9. The number of nitrogens with one attached hydrogen (secondary N) is 2. The lowest BCUT2D eigenvalue weighted by Gasteiger charge is -2.30. The van der Waals surface area contributed by atoms with Gasteiger partial charge in [0, 0.05) is 17.8 Å². The average molecular weight is 421 g/mol. The van der Waals surface area contributed by atoms with Gasteiger partial charge in [-0.05, 0) is 56.3 Å². The molecule has 6 nitrogen and oxygen atoms in total. The van der Waals surface area contributed by atoms with Gasteiger partial charge in [-0.25, -0.2) is 0 Å². The molecule has 148 valence electrons. The summed E-state index contributed by atoms with van der Waals surface area (Å²) in [6.07, 6.45) is 3.17. The molecule has 0 unspecified atom stereocenters. The number of hydrogen-bond acceptors (Lipinski definition) is 4. The third-order valence-electron chi connectivity index (χ3n) is 4.70. The van der Waals surface area contributed by atoms with E-state index in [9.17, 15) is 9.59 Å². The van der Waals surface area contributed by atoms with Gasteiger partial charge in [0.05, 0.1) is 28.8 Å². The molecule has 0 bridgehead atoms. The molecule has 3 rings (SSSR count). The minimum atomic E-state index is -0.114. The normalized spacial score (nSPS) is 15.2. The first-order chi connectivity index (χ1) is 13.5. The summed E-state index contributed by atoms with van der Waals surface area (Å²) in [5.41, 5.74) is 1.45. The van der Waals surface area contributed by atoms with Gasteiger partial charge in [-0.15, -0.1) is 0 Å². The van der Waals surface area contributed by atoms with Crippen LogP contribution in [0, 0.1) is 5.92 Å².